The topological polar surface area (TPSA) is 87.6 Å². The fourth-order valence-corrected chi connectivity index (χ4v) is 4.83. The number of ketones is 2. The van der Waals surface area contributed by atoms with Crippen LogP contribution in [0.4, 0.5) is 0 Å². The van der Waals surface area contributed by atoms with Crippen molar-refractivity contribution in [2.24, 2.45) is 0 Å². The molecule has 1 aliphatic rings. The highest BCUT2D eigenvalue weighted by molar-refractivity contribution is 8.07. The Hall–Kier alpha value is -2.25. The Kier molecular flexibility index (Phi) is 9.40. The summed E-state index contributed by atoms with van der Waals surface area (Å²) < 4.78 is 16.6. The number of Topliss-reactive ketones (excluding diaryl/α,β-unsaturated/α-hetero) is 1. The van der Waals surface area contributed by atoms with Crippen molar-refractivity contribution in [2.75, 3.05) is 13.2 Å². The van der Waals surface area contributed by atoms with Crippen molar-refractivity contribution in [1.29, 1.82) is 0 Å². The Bertz CT molecular complexity index is 1060. The van der Waals surface area contributed by atoms with Crippen molar-refractivity contribution in [1.82, 2.24) is 9.97 Å². The SMILES string of the molecule is CC1=CC(=O)c2ccccc2C1=O.CCOP(=S)(OCC)Oc1cc(C)nc(C(C)C)n1. The molecule has 0 radical (unpaired) electrons. The quantitative estimate of drug-likeness (QED) is 0.478. The molecule has 3 rings (SSSR count). The third kappa shape index (κ3) is 6.87. The van der Waals surface area contributed by atoms with E-state index < -0.39 is 6.72 Å². The smallest absolute Gasteiger partial charge is 0.381 e. The average molecular weight is 477 g/mol. The third-order valence-electron chi connectivity index (χ3n) is 4.29. The number of rotatable bonds is 7. The van der Waals surface area contributed by atoms with Crippen LogP contribution in [-0.2, 0) is 20.9 Å². The molecule has 2 aromatic rings. The molecule has 0 atom stereocenters. The van der Waals surface area contributed by atoms with Gasteiger partial charge in [-0.05, 0) is 33.8 Å². The molecule has 32 heavy (non-hydrogen) atoms. The fourth-order valence-electron chi connectivity index (χ4n) is 2.84. The van der Waals surface area contributed by atoms with Crippen LogP contribution >= 0.6 is 6.72 Å². The molecule has 0 unspecified atom stereocenters. The maximum absolute atomic E-state index is 11.5. The number of hydrogen-bond donors (Lipinski definition) is 0. The van der Waals surface area contributed by atoms with E-state index in [4.69, 9.17) is 25.4 Å². The van der Waals surface area contributed by atoms with Crippen LogP contribution in [0, 0.1) is 6.92 Å². The summed E-state index contributed by atoms with van der Waals surface area (Å²) in [5.74, 6) is 1.24. The van der Waals surface area contributed by atoms with Crippen LogP contribution in [0.15, 0.2) is 42.0 Å². The summed E-state index contributed by atoms with van der Waals surface area (Å²) in [6, 6.07) is 8.64. The molecule has 0 saturated carbocycles. The molecule has 7 nitrogen and oxygen atoms in total. The van der Waals surface area contributed by atoms with Crippen molar-refractivity contribution in [3.05, 3.63) is 64.6 Å². The zero-order valence-electron chi connectivity index (χ0n) is 19.2. The van der Waals surface area contributed by atoms with Gasteiger partial charge in [0, 0.05) is 46.2 Å². The van der Waals surface area contributed by atoms with E-state index in [0.29, 0.717) is 35.8 Å². The Morgan fingerprint density at radius 2 is 1.59 bits per heavy atom. The van der Waals surface area contributed by atoms with Gasteiger partial charge in [-0.25, -0.2) is 4.98 Å². The number of carbonyl (C=O) groups is 2. The molecule has 0 N–H and O–H groups in total. The summed E-state index contributed by atoms with van der Waals surface area (Å²) in [5, 5.41) is 0. The molecule has 0 spiro atoms. The Morgan fingerprint density at radius 1 is 1.00 bits per heavy atom. The van der Waals surface area contributed by atoms with Crippen molar-refractivity contribution in [3.63, 3.8) is 0 Å². The van der Waals surface area contributed by atoms with Gasteiger partial charge in [0.2, 0.25) is 5.88 Å². The van der Waals surface area contributed by atoms with E-state index in [2.05, 4.69) is 9.97 Å². The zero-order valence-corrected chi connectivity index (χ0v) is 21.0. The Balaban J connectivity index is 0.000000242. The molecule has 1 aromatic heterocycles. The monoisotopic (exact) mass is 476 g/mol. The number of fused-ring (bicyclic) bond motifs is 1. The van der Waals surface area contributed by atoms with Crippen LogP contribution in [0.3, 0.4) is 0 Å². The highest BCUT2D eigenvalue weighted by atomic mass is 32.5. The summed E-state index contributed by atoms with van der Waals surface area (Å²) in [4.78, 5) is 31.7. The largest absolute Gasteiger partial charge is 0.406 e. The first-order valence-corrected chi connectivity index (χ1v) is 13.0. The van der Waals surface area contributed by atoms with E-state index in [9.17, 15) is 9.59 Å². The minimum absolute atomic E-state index is 0.0461. The number of benzene rings is 1. The molecule has 0 bridgehead atoms. The van der Waals surface area contributed by atoms with E-state index >= 15 is 0 Å². The summed E-state index contributed by atoms with van der Waals surface area (Å²) in [7, 11) is 0. The fraction of sp³-hybridized carbons (Fsp3) is 0.391. The molecule has 0 amide bonds. The second kappa shape index (κ2) is 11.6. The minimum atomic E-state index is -2.77. The number of aromatic nitrogens is 2. The van der Waals surface area contributed by atoms with Gasteiger partial charge < -0.3 is 4.52 Å². The minimum Gasteiger partial charge on any atom is -0.406 e. The van der Waals surface area contributed by atoms with E-state index in [1.54, 1.807) is 37.3 Å². The maximum Gasteiger partial charge on any atom is 0.381 e. The zero-order chi connectivity index (χ0) is 23.9. The second-order valence-corrected chi connectivity index (χ2v) is 10.2. The van der Waals surface area contributed by atoms with Crippen LogP contribution in [0.25, 0.3) is 0 Å². The molecular formula is C23H29N2O5PS. The summed E-state index contributed by atoms with van der Waals surface area (Å²) >= 11 is 5.32. The number of allylic oxidation sites excluding steroid dienone is 2. The van der Waals surface area contributed by atoms with Gasteiger partial charge in [-0.15, -0.1) is 0 Å². The Morgan fingerprint density at radius 3 is 2.16 bits per heavy atom. The van der Waals surface area contributed by atoms with Crippen LogP contribution in [0.1, 0.15) is 72.8 Å². The summed E-state index contributed by atoms with van der Waals surface area (Å²) in [6.07, 6.45) is 1.39. The van der Waals surface area contributed by atoms with E-state index in [0.717, 1.165) is 11.5 Å². The van der Waals surface area contributed by atoms with Gasteiger partial charge in [-0.2, -0.15) is 4.98 Å². The van der Waals surface area contributed by atoms with Crippen molar-refractivity contribution in [2.45, 2.75) is 47.5 Å². The van der Waals surface area contributed by atoms with Crippen molar-refractivity contribution >= 4 is 30.1 Å². The van der Waals surface area contributed by atoms with Crippen LogP contribution in [-0.4, -0.2) is 34.7 Å². The number of carbonyl (C=O) groups excluding carboxylic acids is 2. The molecule has 0 aliphatic heterocycles. The van der Waals surface area contributed by atoms with Crippen molar-refractivity contribution < 1.29 is 23.2 Å². The van der Waals surface area contributed by atoms with Crippen LogP contribution < -0.4 is 4.52 Å². The first-order valence-electron chi connectivity index (χ1n) is 10.4. The number of nitrogens with zero attached hydrogens (tertiary/aromatic N) is 2. The number of hydrogen-bond acceptors (Lipinski definition) is 8. The first kappa shape index (κ1) is 26.0. The standard InChI is InChI=1S/C12H21N2O3PS.C11H8O2/c1-6-15-18(19,16-7-2)17-11-8-10(5)13-12(14-11)9(3)4;1-7-6-10(12)8-4-2-3-5-9(8)11(7)13/h8-9H,6-7H2,1-5H3;2-6H,1H3. The van der Waals surface area contributed by atoms with Gasteiger partial charge >= 0.3 is 6.72 Å². The van der Waals surface area contributed by atoms with Gasteiger partial charge in [0.05, 0.1) is 13.2 Å². The Labute approximate surface area is 194 Å². The normalized spacial score (nSPS) is 13.3. The van der Waals surface area contributed by atoms with Crippen LogP contribution in [0.2, 0.25) is 0 Å². The van der Waals surface area contributed by atoms with E-state index in [1.807, 2.05) is 34.6 Å². The molecule has 1 heterocycles. The summed E-state index contributed by atoms with van der Waals surface area (Å²) in [6.45, 7) is 9.44. The lowest BCUT2D eigenvalue weighted by molar-refractivity contribution is 0.0984. The molecular weight excluding hydrogens is 447 g/mol. The third-order valence-corrected chi connectivity index (χ3v) is 6.70. The molecule has 9 heteroatoms. The molecule has 172 valence electrons. The lowest BCUT2D eigenvalue weighted by Crippen LogP contribution is -2.14. The van der Waals surface area contributed by atoms with Gasteiger partial charge in [0.1, 0.15) is 5.82 Å². The highest BCUT2D eigenvalue weighted by Gasteiger charge is 2.23. The average Bonchev–Trinajstić information content (AvgIpc) is 2.72. The highest BCUT2D eigenvalue weighted by Crippen LogP contribution is 2.49. The van der Waals surface area contributed by atoms with Crippen LogP contribution in [0.5, 0.6) is 5.88 Å². The predicted molar refractivity (Wildman–Crippen MR) is 128 cm³/mol. The van der Waals surface area contributed by atoms with Gasteiger partial charge in [0.15, 0.2) is 11.6 Å². The van der Waals surface area contributed by atoms with Crippen molar-refractivity contribution in [3.8, 4) is 5.88 Å². The predicted octanol–water partition coefficient (Wildman–Crippen LogP) is 5.60. The second-order valence-electron chi connectivity index (χ2n) is 7.30. The maximum atomic E-state index is 11.5. The lowest BCUT2D eigenvalue weighted by Gasteiger charge is -2.20. The molecule has 0 saturated heterocycles. The number of aryl methyl sites for hydroxylation is 1. The first-order chi connectivity index (χ1) is 15.1. The van der Waals surface area contributed by atoms with Gasteiger partial charge in [0.25, 0.3) is 0 Å². The molecule has 1 aromatic carbocycles. The van der Waals surface area contributed by atoms with Gasteiger partial charge in [-0.3, -0.25) is 18.6 Å². The van der Waals surface area contributed by atoms with Gasteiger partial charge in [-0.1, -0.05) is 38.1 Å². The van der Waals surface area contributed by atoms with E-state index in [1.165, 1.54) is 6.08 Å². The van der Waals surface area contributed by atoms with E-state index in [-0.39, 0.29) is 17.5 Å². The lowest BCUT2D eigenvalue weighted by atomic mass is 9.90. The molecule has 1 aliphatic carbocycles. The summed E-state index contributed by atoms with van der Waals surface area (Å²) in [5.41, 5.74) is 2.39. The molecule has 0 fully saturated rings.